The van der Waals surface area contributed by atoms with Crippen LogP contribution in [0.2, 0.25) is 5.02 Å². The summed E-state index contributed by atoms with van der Waals surface area (Å²) in [6.45, 7) is 5.25. The van der Waals surface area contributed by atoms with Crippen molar-refractivity contribution < 1.29 is 0 Å². The maximum atomic E-state index is 6.48. The smallest absolute Gasteiger partial charge is 0.0643 e. The summed E-state index contributed by atoms with van der Waals surface area (Å²) in [5, 5.41) is 2.98. The SMILES string of the molecule is CC1c2ccsc2CCN1c1ccc([C@H](C)N)cc1Cl. The summed E-state index contributed by atoms with van der Waals surface area (Å²) in [5.41, 5.74) is 9.55. The summed E-state index contributed by atoms with van der Waals surface area (Å²) in [6.07, 6.45) is 1.10. The van der Waals surface area contributed by atoms with Crippen LogP contribution in [-0.2, 0) is 6.42 Å². The lowest BCUT2D eigenvalue weighted by Gasteiger charge is -2.36. The second-order valence-corrected chi connectivity index (χ2v) is 6.83. The molecule has 0 saturated heterocycles. The number of halogens is 1. The molecule has 0 aliphatic carbocycles. The van der Waals surface area contributed by atoms with Crippen LogP contribution in [0, 0.1) is 0 Å². The molecule has 0 fully saturated rings. The zero-order valence-corrected chi connectivity index (χ0v) is 13.3. The molecule has 2 N–H and O–H groups in total. The standard InChI is InChI=1S/C16H19ClN2S/c1-10(18)12-3-4-15(14(17)9-12)19-7-5-16-13(11(19)2)6-8-20-16/h3-4,6,8-11H,5,7,18H2,1-2H3/t10-,11?/m0/s1. The summed E-state index contributed by atoms with van der Waals surface area (Å²) in [5.74, 6) is 0. The summed E-state index contributed by atoms with van der Waals surface area (Å²) < 4.78 is 0. The molecule has 1 aromatic carbocycles. The Bertz CT molecular complexity index is 621. The van der Waals surface area contributed by atoms with Crippen LogP contribution >= 0.6 is 22.9 Å². The Kier molecular flexibility index (Phi) is 3.76. The van der Waals surface area contributed by atoms with Crippen LogP contribution in [0.4, 0.5) is 5.69 Å². The summed E-state index contributed by atoms with van der Waals surface area (Å²) in [4.78, 5) is 3.90. The topological polar surface area (TPSA) is 29.3 Å². The van der Waals surface area contributed by atoms with Crippen molar-refractivity contribution in [2.75, 3.05) is 11.4 Å². The normalized spacial score (nSPS) is 19.8. The van der Waals surface area contributed by atoms with Gasteiger partial charge in [0.1, 0.15) is 0 Å². The van der Waals surface area contributed by atoms with Crippen molar-refractivity contribution in [2.45, 2.75) is 32.4 Å². The number of thiophene rings is 1. The summed E-state index contributed by atoms with van der Waals surface area (Å²) in [6, 6.07) is 8.82. The van der Waals surface area contributed by atoms with Gasteiger partial charge in [-0.3, -0.25) is 0 Å². The highest BCUT2D eigenvalue weighted by atomic mass is 35.5. The minimum Gasteiger partial charge on any atom is -0.363 e. The average molecular weight is 307 g/mol. The van der Waals surface area contributed by atoms with Crippen LogP contribution in [0.5, 0.6) is 0 Å². The van der Waals surface area contributed by atoms with Gasteiger partial charge >= 0.3 is 0 Å². The van der Waals surface area contributed by atoms with Crippen LogP contribution in [0.15, 0.2) is 29.6 Å². The monoisotopic (exact) mass is 306 g/mol. The quantitative estimate of drug-likeness (QED) is 0.882. The molecule has 1 aliphatic heterocycles. The zero-order valence-electron chi connectivity index (χ0n) is 11.8. The van der Waals surface area contributed by atoms with Crippen LogP contribution in [0.1, 0.15) is 41.9 Å². The molecule has 2 nitrogen and oxygen atoms in total. The fourth-order valence-electron chi connectivity index (χ4n) is 2.88. The number of nitrogens with zero attached hydrogens (tertiary/aromatic N) is 1. The van der Waals surface area contributed by atoms with Gasteiger partial charge in [0.05, 0.1) is 16.8 Å². The number of hydrogen-bond acceptors (Lipinski definition) is 3. The molecule has 2 aromatic rings. The third-order valence-electron chi connectivity index (χ3n) is 4.08. The Morgan fingerprint density at radius 2 is 2.20 bits per heavy atom. The van der Waals surface area contributed by atoms with Gasteiger partial charge in [-0.2, -0.15) is 0 Å². The summed E-state index contributed by atoms with van der Waals surface area (Å²) >= 11 is 8.34. The molecular formula is C16H19ClN2S. The molecule has 3 rings (SSSR count). The van der Waals surface area contributed by atoms with E-state index in [2.05, 4.69) is 35.4 Å². The van der Waals surface area contributed by atoms with Crippen molar-refractivity contribution in [3.8, 4) is 0 Å². The molecule has 0 bridgehead atoms. The maximum absolute atomic E-state index is 6.48. The molecule has 20 heavy (non-hydrogen) atoms. The molecular weight excluding hydrogens is 288 g/mol. The van der Waals surface area contributed by atoms with Crippen molar-refractivity contribution >= 4 is 28.6 Å². The first-order chi connectivity index (χ1) is 9.58. The van der Waals surface area contributed by atoms with E-state index in [0.717, 1.165) is 29.2 Å². The average Bonchev–Trinajstić information content (AvgIpc) is 2.89. The third-order valence-corrected chi connectivity index (χ3v) is 5.38. The molecule has 4 heteroatoms. The van der Waals surface area contributed by atoms with Crippen LogP contribution in [-0.4, -0.2) is 6.54 Å². The van der Waals surface area contributed by atoms with E-state index in [-0.39, 0.29) is 6.04 Å². The van der Waals surface area contributed by atoms with E-state index in [1.165, 1.54) is 10.4 Å². The fourth-order valence-corrected chi connectivity index (χ4v) is 4.14. The van der Waals surface area contributed by atoms with Crippen molar-refractivity contribution in [2.24, 2.45) is 5.73 Å². The Morgan fingerprint density at radius 1 is 1.40 bits per heavy atom. The predicted octanol–water partition coefficient (Wildman–Crippen LogP) is 4.54. The first-order valence-electron chi connectivity index (χ1n) is 6.96. The van der Waals surface area contributed by atoms with E-state index in [1.54, 1.807) is 0 Å². The molecule has 0 radical (unpaired) electrons. The van der Waals surface area contributed by atoms with Crippen molar-refractivity contribution in [1.29, 1.82) is 0 Å². The van der Waals surface area contributed by atoms with E-state index < -0.39 is 0 Å². The minimum atomic E-state index is 0.0174. The molecule has 1 aliphatic rings. The first-order valence-corrected chi connectivity index (χ1v) is 8.21. The molecule has 0 amide bonds. The number of hydrogen-bond donors (Lipinski definition) is 1. The maximum Gasteiger partial charge on any atom is 0.0643 e. The Hall–Kier alpha value is -1.03. The number of anilines is 1. The highest BCUT2D eigenvalue weighted by molar-refractivity contribution is 7.10. The van der Waals surface area contributed by atoms with Crippen LogP contribution < -0.4 is 10.6 Å². The summed E-state index contributed by atoms with van der Waals surface area (Å²) in [7, 11) is 0. The molecule has 2 atom stereocenters. The molecule has 1 aromatic heterocycles. The predicted molar refractivity (Wildman–Crippen MR) is 87.8 cm³/mol. The number of rotatable bonds is 2. The number of nitrogens with two attached hydrogens (primary N) is 1. The lowest BCUT2D eigenvalue weighted by molar-refractivity contribution is 0.632. The van der Waals surface area contributed by atoms with Crippen molar-refractivity contribution in [3.63, 3.8) is 0 Å². The van der Waals surface area contributed by atoms with Gasteiger partial charge in [-0.1, -0.05) is 17.7 Å². The molecule has 2 heterocycles. The van der Waals surface area contributed by atoms with Gasteiger partial charge in [-0.15, -0.1) is 11.3 Å². The minimum absolute atomic E-state index is 0.0174. The fraction of sp³-hybridized carbons (Fsp3) is 0.375. The van der Waals surface area contributed by atoms with Crippen LogP contribution in [0.25, 0.3) is 0 Å². The van der Waals surface area contributed by atoms with Gasteiger partial charge in [0.25, 0.3) is 0 Å². The Balaban J connectivity index is 1.94. The third kappa shape index (κ3) is 2.34. The van der Waals surface area contributed by atoms with E-state index in [1.807, 2.05) is 24.3 Å². The van der Waals surface area contributed by atoms with E-state index in [9.17, 15) is 0 Å². The highest BCUT2D eigenvalue weighted by Crippen LogP contribution is 2.39. The second-order valence-electron chi connectivity index (χ2n) is 5.42. The van der Waals surface area contributed by atoms with Gasteiger partial charge in [0, 0.05) is 17.5 Å². The Morgan fingerprint density at radius 3 is 2.90 bits per heavy atom. The lowest BCUT2D eigenvalue weighted by atomic mass is 10.00. The zero-order chi connectivity index (χ0) is 14.3. The Labute approximate surface area is 129 Å². The lowest BCUT2D eigenvalue weighted by Crippen LogP contribution is -2.33. The highest BCUT2D eigenvalue weighted by Gasteiger charge is 2.26. The van der Waals surface area contributed by atoms with E-state index in [0.29, 0.717) is 6.04 Å². The van der Waals surface area contributed by atoms with Gasteiger partial charge in [-0.25, -0.2) is 0 Å². The molecule has 0 spiro atoms. The largest absolute Gasteiger partial charge is 0.363 e. The molecule has 106 valence electrons. The van der Waals surface area contributed by atoms with E-state index in [4.69, 9.17) is 17.3 Å². The number of benzene rings is 1. The molecule has 1 unspecified atom stereocenters. The number of fused-ring (bicyclic) bond motifs is 1. The van der Waals surface area contributed by atoms with Gasteiger partial charge < -0.3 is 10.6 Å². The van der Waals surface area contributed by atoms with Gasteiger partial charge in [0.2, 0.25) is 0 Å². The van der Waals surface area contributed by atoms with Gasteiger partial charge in [-0.05, 0) is 55.0 Å². The second kappa shape index (κ2) is 5.40. The van der Waals surface area contributed by atoms with Crippen LogP contribution in [0.3, 0.4) is 0 Å². The van der Waals surface area contributed by atoms with Gasteiger partial charge in [0.15, 0.2) is 0 Å². The van der Waals surface area contributed by atoms with Crippen molar-refractivity contribution in [1.82, 2.24) is 0 Å². The molecule has 0 saturated carbocycles. The van der Waals surface area contributed by atoms with E-state index >= 15 is 0 Å². The van der Waals surface area contributed by atoms with Crippen molar-refractivity contribution in [3.05, 3.63) is 50.7 Å². The first kappa shape index (κ1) is 13.9.